The predicted octanol–water partition coefficient (Wildman–Crippen LogP) is 5.14. The van der Waals surface area contributed by atoms with E-state index in [-0.39, 0.29) is 5.91 Å². The van der Waals surface area contributed by atoms with Gasteiger partial charge in [0, 0.05) is 35.6 Å². The van der Waals surface area contributed by atoms with Crippen LogP contribution in [0.15, 0.2) is 72.9 Å². The molecule has 132 valence electrons. The van der Waals surface area contributed by atoms with Crippen LogP contribution in [-0.4, -0.2) is 22.3 Å². The maximum atomic E-state index is 12.9. The highest BCUT2D eigenvalue weighted by molar-refractivity contribution is 6.30. The number of hydrogen-bond donors (Lipinski definition) is 1. The average molecular weight is 366 g/mol. The molecule has 26 heavy (non-hydrogen) atoms. The largest absolute Gasteiger partial charge is 0.340 e. The monoisotopic (exact) mass is 365 g/mol. The van der Waals surface area contributed by atoms with Gasteiger partial charge in [0.1, 0.15) is 5.82 Å². The van der Waals surface area contributed by atoms with Crippen LogP contribution in [0.25, 0.3) is 0 Å². The van der Waals surface area contributed by atoms with Crippen molar-refractivity contribution in [3.8, 4) is 0 Å². The Kier molecular flexibility index (Phi) is 5.87. The van der Waals surface area contributed by atoms with Crippen molar-refractivity contribution in [2.45, 2.75) is 13.5 Å². The number of benzene rings is 2. The van der Waals surface area contributed by atoms with Gasteiger partial charge in [0.2, 0.25) is 0 Å². The number of amides is 1. The van der Waals surface area contributed by atoms with Crippen LogP contribution in [0.3, 0.4) is 0 Å². The standard InChI is InChI=1S/C21H20ClN3O/c1-2-25(15-16-7-4-3-5-8-16)21(26)17-11-12-23-20(13-17)24-19-10-6-9-18(22)14-19/h3-14H,2,15H2,1H3,(H,23,24). The molecule has 5 heteroatoms. The minimum absolute atomic E-state index is 0.0205. The highest BCUT2D eigenvalue weighted by Gasteiger charge is 2.15. The molecule has 0 unspecified atom stereocenters. The van der Waals surface area contributed by atoms with Crippen LogP contribution in [0.2, 0.25) is 5.02 Å². The number of aromatic nitrogens is 1. The Morgan fingerprint density at radius 2 is 1.88 bits per heavy atom. The van der Waals surface area contributed by atoms with Crippen LogP contribution in [0.5, 0.6) is 0 Å². The summed E-state index contributed by atoms with van der Waals surface area (Å²) in [7, 11) is 0. The second-order valence-corrected chi connectivity index (χ2v) is 6.31. The van der Waals surface area contributed by atoms with Crippen molar-refractivity contribution in [2.24, 2.45) is 0 Å². The Balaban J connectivity index is 1.76. The normalized spacial score (nSPS) is 10.4. The quantitative estimate of drug-likeness (QED) is 0.657. The number of carbonyl (C=O) groups is 1. The Morgan fingerprint density at radius 1 is 1.08 bits per heavy atom. The van der Waals surface area contributed by atoms with Crippen molar-refractivity contribution < 1.29 is 4.79 Å². The SMILES string of the molecule is CCN(Cc1ccccc1)C(=O)c1ccnc(Nc2cccc(Cl)c2)c1. The van der Waals surface area contributed by atoms with E-state index >= 15 is 0 Å². The number of hydrogen-bond acceptors (Lipinski definition) is 3. The molecule has 0 saturated heterocycles. The molecule has 1 aromatic heterocycles. The van der Waals surface area contributed by atoms with E-state index in [2.05, 4.69) is 10.3 Å². The number of rotatable bonds is 6. The van der Waals surface area contributed by atoms with Gasteiger partial charge in [0.25, 0.3) is 5.91 Å². The number of nitrogens with one attached hydrogen (secondary N) is 1. The Bertz CT molecular complexity index is 883. The molecule has 0 aliphatic heterocycles. The Hall–Kier alpha value is -2.85. The number of carbonyl (C=O) groups excluding carboxylic acids is 1. The number of pyridine rings is 1. The summed E-state index contributed by atoms with van der Waals surface area (Å²) < 4.78 is 0. The zero-order valence-electron chi connectivity index (χ0n) is 14.5. The third-order valence-electron chi connectivity index (χ3n) is 3.99. The van der Waals surface area contributed by atoms with Crippen LogP contribution in [0.1, 0.15) is 22.8 Å². The summed E-state index contributed by atoms with van der Waals surface area (Å²) >= 11 is 6.01. The molecule has 0 aliphatic carbocycles. The van der Waals surface area contributed by atoms with Crippen molar-refractivity contribution in [3.05, 3.63) is 89.1 Å². The van der Waals surface area contributed by atoms with Crippen molar-refractivity contribution in [3.63, 3.8) is 0 Å². The van der Waals surface area contributed by atoms with Crippen LogP contribution >= 0.6 is 11.6 Å². The molecule has 0 bridgehead atoms. The van der Waals surface area contributed by atoms with Crippen LogP contribution in [0, 0.1) is 0 Å². The van der Waals surface area contributed by atoms with E-state index in [1.165, 1.54) is 0 Å². The van der Waals surface area contributed by atoms with E-state index in [1.807, 2.05) is 66.4 Å². The lowest BCUT2D eigenvalue weighted by atomic mass is 10.1. The van der Waals surface area contributed by atoms with Gasteiger partial charge in [-0.2, -0.15) is 0 Å². The fourth-order valence-corrected chi connectivity index (χ4v) is 2.85. The van der Waals surface area contributed by atoms with Gasteiger partial charge in [-0.1, -0.05) is 48.0 Å². The molecule has 0 aliphatic rings. The zero-order chi connectivity index (χ0) is 18.4. The van der Waals surface area contributed by atoms with Crippen LogP contribution in [0.4, 0.5) is 11.5 Å². The molecule has 3 aromatic rings. The lowest BCUT2D eigenvalue weighted by Gasteiger charge is -2.21. The van der Waals surface area contributed by atoms with E-state index < -0.39 is 0 Å². The number of halogens is 1. The maximum absolute atomic E-state index is 12.9. The van der Waals surface area contributed by atoms with Gasteiger partial charge in [-0.05, 0) is 42.8 Å². The van der Waals surface area contributed by atoms with Gasteiger partial charge in [0.05, 0.1) is 0 Å². The molecule has 4 nitrogen and oxygen atoms in total. The van der Waals surface area contributed by atoms with E-state index in [9.17, 15) is 4.79 Å². The summed E-state index contributed by atoms with van der Waals surface area (Å²) in [6.45, 7) is 3.19. The zero-order valence-corrected chi connectivity index (χ0v) is 15.3. The molecule has 3 rings (SSSR count). The van der Waals surface area contributed by atoms with E-state index in [0.29, 0.717) is 29.5 Å². The fraction of sp³-hybridized carbons (Fsp3) is 0.143. The molecule has 0 fully saturated rings. The van der Waals surface area contributed by atoms with Gasteiger partial charge >= 0.3 is 0 Å². The minimum Gasteiger partial charge on any atom is -0.340 e. The first kappa shape index (κ1) is 18.0. The van der Waals surface area contributed by atoms with Crippen LogP contribution in [-0.2, 0) is 6.54 Å². The van der Waals surface area contributed by atoms with Crippen molar-refractivity contribution in [1.82, 2.24) is 9.88 Å². The number of anilines is 2. The first-order chi connectivity index (χ1) is 12.7. The molecule has 0 saturated carbocycles. The summed E-state index contributed by atoms with van der Waals surface area (Å²) in [5.41, 5.74) is 2.53. The Labute approximate surface area is 158 Å². The van der Waals surface area contributed by atoms with Gasteiger partial charge in [-0.15, -0.1) is 0 Å². The molecule has 1 amide bonds. The first-order valence-corrected chi connectivity index (χ1v) is 8.85. The fourth-order valence-electron chi connectivity index (χ4n) is 2.66. The van der Waals surface area contributed by atoms with E-state index in [1.54, 1.807) is 18.3 Å². The van der Waals surface area contributed by atoms with Crippen LogP contribution < -0.4 is 5.32 Å². The lowest BCUT2D eigenvalue weighted by molar-refractivity contribution is 0.0752. The topological polar surface area (TPSA) is 45.2 Å². The Morgan fingerprint density at radius 3 is 2.62 bits per heavy atom. The first-order valence-electron chi connectivity index (χ1n) is 8.47. The summed E-state index contributed by atoms with van der Waals surface area (Å²) in [6.07, 6.45) is 1.64. The van der Waals surface area contributed by atoms with Gasteiger partial charge < -0.3 is 10.2 Å². The van der Waals surface area contributed by atoms with Gasteiger partial charge in [-0.25, -0.2) is 4.98 Å². The molecule has 1 N–H and O–H groups in total. The average Bonchev–Trinajstić information content (AvgIpc) is 2.66. The number of nitrogens with zero attached hydrogens (tertiary/aromatic N) is 2. The second kappa shape index (κ2) is 8.50. The third kappa shape index (κ3) is 4.61. The summed E-state index contributed by atoms with van der Waals surface area (Å²) in [4.78, 5) is 19.0. The molecular weight excluding hydrogens is 346 g/mol. The van der Waals surface area contributed by atoms with E-state index in [4.69, 9.17) is 11.6 Å². The highest BCUT2D eigenvalue weighted by Crippen LogP contribution is 2.20. The molecule has 1 heterocycles. The van der Waals surface area contributed by atoms with Crippen molar-refractivity contribution in [2.75, 3.05) is 11.9 Å². The molecule has 0 radical (unpaired) electrons. The molecule has 0 atom stereocenters. The predicted molar refractivity (Wildman–Crippen MR) is 106 cm³/mol. The second-order valence-electron chi connectivity index (χ2n) is 5.87. The minimum atomic E-state index is -0.0205. The van der Waals surface area contributed by atoms with Gasteiger partial charge in [0.15, 0.2) is 0 Å². The molecule has 2 aromatic carbocycles. The van der Waals surface area contributed by atoms with E-state index in [0.717, 1.165) is 11.3 Å². The third-order valence-corrected chi connectivity index (χ3v) is 4.22. The smallest absolute Gasteiger partial charge is 0.254 e. The lowest BCUT2D eigenvalue weighted by Crippen LogP contribution is -2.30. The highest BCUT2D eigenvalue weighted by atomic mass is 35.5. The van der Waals surface area contributed by atoms with Crippen molar-refractivity contribution in [1.29, 1.82) is 0 Å². The summed E-state index contributed by atoms with van der Waals surface area (Å²) in [5, 5.41) is 3.82. The van der Waals surface area contributed by atoms with Crippen molar-refractivity contribution >= 4 is 29.0 Å². The summed E-state index contributed by atoms with van der Waals surface area (Å²) in [5.74, 6) is 0.585. The summed E-state index contributed by atoms with van der Waals surface area (Å²) in [6, 6.07) is 20.8. The molecular formula is C21H20ClN3O. The maximum Gasteiger partial charge on any atom is 0.254 e. The molecule has 0 spiro atoms. The van der Waals surface area contributed by atoms with Gasteiger partial charge in [-0.3, -0.25) is 4.79 Å².